The van der Waals surface area contributed by atoms with Crippen LogP contribution in [-0.4, -0.2) is 16.0 Å². The number of hydrogen-bond donors (Lipinski definition) is 3. The highest BCUT2D eigenvalue weighted by molar-refractivity contribution is 5.45. The molecule has 1 aromatic rings. The van der Waals surface area contributed by atoms with Crippen LogP contribution in [0, 0.1) is 0 Å². The second-order valence-corrected chi connectivity index (χ2v) is 3.62. The lowest BCUT2D eigenvalue weighted by Gasteiger charge is -2.13. The van der Waals surface area contributed by atoms with Crippen molar-refractivity contribution in [2.24, 2.45) is 5.84 Å². The fourth-order valence-electron chi connectivity index (χ4n) is 1.35. The molecule has 15 heavy (non-hydrogen) atoms. The number of nitrogens with one attached hydrogen (secondary N) is 2. The zero-order valence-corrected chi connectivity index (χ0v) is 9.33. The highest BCUT2D eigenvalue weighted by Crippen LogP contribution is 2.10. The molecule has 1 rings (SSSR count). The Morgan fingerprint density at radius 1 is 1.40 bits per heavy atom. The predicted molar refractivity (Wildman–Crippen MR) is 62.5 cm³/mol. The van der Waals surface area contributed by atoms with Crippen LogP contribution in [0.3, 0.4) is 0 Å². The summed E-state index contributed by atoms with van der Waals surface area (Å²) in [6.07, 6.45) is 5.07. The number of unbranched alkanes of at least 4 members (excludes halogenated alkanes) is 1. The Bertz CT molecular complexity index is 289. The molecule has 1 unspecified atom stereocenters. The largest absolute Gasteiger partial charge is 0.367 e. The normalized spacial score (nSPS) is 12.2. The van der Waals surface area contributed by atoms with E-state index < -0.39 is 0 Å². The number of nitrogens with two attached hydrogens (primary N) is 1. The average Bonchev–Trinajstić information content (AvgIpc) is 2.26. The molecule has 4 N–H and O–H groups in total. The molecular weight excluding hydrogens is 190 g/mol. The van der Waals surface area contributed by atoms with Gasteiger partial charge >= 0.3 is 0 Å². The van der Waals surface area contributed by atoms with Crippen molar-refractivity contribution < 1.29 is 0 Å². The first-order valence-electron chi connectivity index (χ1n) is 5.31. The molecule has 0 aliphatic heterocycles. The first kappa shape index (κ1) is 11.7. The second-order valence-electron chi connectivity index (χ2n) is 3.62. The molecule has 0 saturated heterocycles. The molecule has 0 aliphatic rings. The van der Waals surface area contributed by atoms with Crippen LogP contribution in [0.1, 0.15) is 33.1 Å². The van der Waals surface area contributed by atoms with Gasteiger partial charge in [0, 0.05) is 12.1 Å². The van der Waals surface area contributed by atoms with E-state index in [0.29, 0.717) is 11.9 Å². The van der Waals surface area contributed by atoms with Crippen LogP contribution < -0.4 is 16.6 Å². The van der Waals surface area contributed by atoms with E-state index in [0.717, 1.165) is 12.2 Å². The van der Waals surface area contributed by atoms with Gasteiger partial charge in [0.25, 0.3) is 0 Å². The molecular formula is C10H19N5. The van der Waals surface area contributed by atoms with Crippen LogP contribution in [0.25, 0.3) is 0 Å². The maximum atomic E-state index is 5.26. The van der Waals surface area contributed by atoms with E-state index in [9.17, 15) is 0 Å². The van der Waals surface area contributed by atoms with Crippen LogP contribution in [0.5, 0.6) is 0 Å². The molecule has 0 fully saturated rings. The van der Waals surface area contributed by atoms with Crippen LogP contribution in [0.2, 0.25) is 0 Å². The summed E-state index contributed by atoms with van der Waals surface area (Å²) in [7, 11) is 0. The van der Waals surface area contributed by atoms with E-state index in [1.807, 2.05) is 0 Å². The Balaban J connectivity index is 2.48. The van der Waals surface area contributed by atoms with E-state index in [1.165, 1.54) is 19.2 Å². The molecule has 0 radical (unpaired) electrons. The molecule has 1 heterocycles. The Hall–Kier alpha value is -1.36. The predicted octanol–water partition coefficient (Wildman–Crippen LogP) is 1.75. The Morgan fingerprint density at radius 3 is 2.80 bits per heavy atom. The van der Waals surface area contributed by atoms with Gasteiger partial charge in [-0.25, -0.2) is 15.8 Å². The molecule has 0 spiro atoms. The quantitative estimate of drug-likeness (QED) is 0.491. The molecule has 0 aromatic carbocycles. The van der Waals surface area contributed by atoms with Gasteiger partial charge < -0.3 is 10.7 Å². The van der Waals surface area contributed by atoms with Gasteiger partial charge in [-0.1, -0.05) is 19.8 Å². The first-order chi connectivity index (χ1) is 7.26. The fraction of sp³-hybridized carbons (Fsp3) is 0.600. The summed E-state index contributed by atoms with van der Waals surface area (Å²) in [6, 6.07) is 2.22. The monoisotopic (exact) mass is 209 g/mol. The molecule has 84 valence electrons. The maximum Gasteiger partial charge on any atom is 0.145 e. The molecule has 0 bridgehead atoms. The third-order valence-electron chi connectivity index (χ3n) is 2.20. The molecule has 1 atom stereocenters. The van der Waals surface area contributed by atoms with Gasteiger partial charge in [0.1, 0.15) is 18.0 Å². The van der Waals surface area contributed by atoms with Crippen molar-refractivity contribution in [3.8, 4) is 0 Å². The molecule has 5 nitrogen and oxygen atoms in total. The summed E-state index contributed by atoms with van der Waals surface area (Å²) >= 11 is 0. The van der Waals surface area contributed by atoms with Crippen molar-refractivity contribution in [2.75, 3.05) is 10.7 Å². The summed E-state index contributed by atoms with van der Waals surface area (Å²) in [5, 5.41) is 3.30. The third-order valence-corrected chi connectivity index (χ3v) is 2.20. The van der Waals surface area contributed by atoms with Gasteiger partial charge in [-0.05, 0) is 13.3 Å². The van der Waals surface area contributed by atoms with Crippen molar-refractivity contribution in [1.29, 1.82) is 0 Å². The lowest BCUT2D eigenvalue weighted by Crippen LogP contribution is -2.16. The average molecular weight is 209 g/mol. The van der Waals surface area contributed by atoms with Gasteiger partial charge in [0.15, 0.2) is 0 Å². The van der Waals surface area contributed by atoms with E-state index in [1.54, 1.807) is 6.07 Å². The fourth-order valence-corrected chi connectivity index (χ4v) is 1.35. The SMILES string of the molecule is CCCCC(C)Nc1cc(NN)ncn1. The van der Waals surface area contributed by atoms with Crippen LogP contribution in [0.4, 0.5) is 11.6 Å². The van der Waals surface area contributed by atoms with Crippen molar-refractivity contribution in [3.05, 3.63) is 12.4 Å². The molecule has 5 heteroatoms. The van der Waals surface area contributed by atoms with E-state index in [2.05, 4.69) is 34.6 Å². The topological polar surface area (TPSA) is 75.9 Å². The standard InChI is InChI=1S/C10H19N5/c1-3-4-5-8(2)14-9-6-10(15-11)13-7-12-9/h6-8H,3-5,11H2,1-2H3,(H2,12,13,14,15). The van der Waals surface area contributed by atoms with Crippen molar-refractivity contribution in [3.63, 3.8) is 0 Å². The van der Waals surface area contributed by atoms with Crippen molar-refractivity contribution in [1.82, 2.24) is 9.97 Å². The Morgan fingerprint density at radius 2 is 2.13 bits per heavy atom. The summed E-state index contributed by atoms with van der Waals surface area (Å²) in [4.78, 5) is 8.06. The lowest BCUT2D eigenvalue weighted by molar-refractivity contribution is 0.643. The zero-order chi connectivity index (χ0) is 11.1. The number of nitrogen functional groups attached to an aromatic ring is 1. The number of hydrogen-bond acceptors (Lipinski definition) is 5. The van der Waals surface area contributed by atoms with Crippen LogP contribution in [-0.2, 0) is 0 Å². The van der Waals surface area contributed by atoms with E-state index >= 15 is 0 Å². The first-order valence-corrected chi connectivity index (χ1v) is 5.31. The second kappa shape index (κ2) is 6.19. The summed E-state index contributed by atoms with van der Waals surface area (Å²) in [5.74, 6) is 6.69. The van der Waals surface area contributed by atoms with Gasteiger partial charge in [-0.15, -0.1) is 0 Å². The summed E-state index contributed by atoms with van der Waals surface area (Å²) in [5.41, 5.74) is 2.49. The van der Waals surface area contributed by atoms with Gasteiger partial charge in [0.05, 0.1) is 0 Å². The highest BCUT2D eigenvalue weighted by Gasteiger charge is 2.02. The number of nitrogens with zero attached hydrogens (tertiary/aromatic N) is 2. The van der Waals surface area contributed by atoms with Crippen molar-refractivity contribution in [2.45, 2.75) is 39.2 Å². The zero-order valence-electron chi connectivity index (χ0n) is 9.33. The summed E-state index contributed by atoms with van der Waals surface area (Å²) in [6.45, 7) is 4.33. The Kier molecular flexibility index (Phi) is 4.83. The molecule has 1 aromatic heterocycles. The van der Waals surface area contributed by atoms with Crippen LogP contribution in [0.15, 0.2) is 12.4 Å². The number of anilines is 2. The smallest absolute Gasteiger partial charge is 0.145 e. The molecule has 0 aliphatic carbocycles. The number of rotatable bonds is 6. The minimum atomic E-state index is 0.422. The van der Waals surface area contributed by atoms with E-state index in [4.69, 9.17) is 5.84 Å². The van der Waals surface area contributed by atoms with Gasteiger partial charge in [0.2, 0.25) is 0 Å². The Labute approximate surface area is 90.5 Å². The summed E-state index contributed by atoms with van der Waals surface area (Å²) < 4.78 is 0. The lowest BCUT2D eigenvalue weighted by atomic mass is 10.1. The van der Waals surface area contributed by atoms with Gasteiger partial charge in [-0.3, -0.25) is 0 Å². The molecule has 0 amide bonds. The minimum Gasteiger partial charge on any atom is -0.367 e. The minimum absolute atomic E-state index is 0.422. The van der Waals surface area contributed by atoms with Crippen LogP contribution >= 0.6 is 0 Å². The van der Waals surface area contributed by atoms with Crippen molar-refractivity contribution >= 4 is 11.6 Å². The molecule has 0 saturated carbocycles. The van der Waals surface area contributed by atoms with Gasteiger partial charge in [-0.2, -0.15) is 0 Å². The third kappa shape index (κ3) is 4.12. The highest BCUT2D eigenvalue weighted by atomic mass is 15.3. The maximum absolute atomic E-state index is 5.26. The number of aromatic nitrogens is 2. The number of hydrazine groups is 1. The van der Waals surface area contributed by atoms with E-state index in [-0.39, 0.29) is 0 Å².